The summed E-state index contributed by atoms with van der Waals surface area (Å²) in [6.45, 7) is 5.45. The molecule has 10 heteroatoms. The van der Waals surface area contributed by atoms with Gasteiger partial charge in [-0.05, 0) is 37.5 Å². The number of primary amides is 1. The van der Waals surface area contributed by atoms with Crippen LogP contribution in [0.3, 0.4) is 0 Å². The van der Waals surface area contributed by atoms with Crippen LogP contribution >= 0.6 is 0 Å². The molecule has 10 nitrogen and oxygen atoms in total. The second-order valence-electron chi connectivity index (χ2n) is 8.93. The fraction of sp³-hybridized carbons (Fsp3) is 0.545. The van der Waals surface area contributed by atoms with Gasteiger partial charge in [0, 0.05) is 25.8 Å². The zero-order valence-electron chi connectivity index (χ0n) is 18.3. The Kier molecular flexibility index (Phi) is 6.05. The van der Waals surface area contributed by atoms with Gasteiger partial charge in [-0.1, -0.05) is 26.0 Å². The molecule has 0 unspecified atom stereocenters. The van der Waals surface area contributed by atoms with E-state index in [1.807, 2.05) is 19.9 Å². The molecule has 1 aliphatic heterocycles. The molecule has 2 aliphatic rings. The smallest absolute Gasteiger partial charge is 0.270 e. The van der Waals surface area contributed by atoms with E-state index in [2.05, 4.69) is 10.4 Å². The van der Waals surface area contributed by atoms with Crippen LogP contribution in [0.1, 0.15) is 65.9 Å². The molecule has 32 heavy (non-hydrogen) atoms. The summed E-state index contributed by atoms with van der Waals surface area (Å²) in [5.74, 6) is -1.73. The molecule has 1 saturated heterocycles. The summed E-state index contributed by atoms with van der Waals surface area (Å²) in [4.78, 5) is 38.3. The normalized spacial score (nSPS) is 17.5. The Labute approximate surface area is 185 Å². The van der Waals surface area contributed by atoms with Crippen molar-refractivity contribution in [2.45, 2.75) is 52.1 Å². The highest BCUT2D eigenvalue weighted by Crippen LogP contribution is 2.27. The molecular formula is C22H29N5O5. The number of fused-ring (bicyclic) bond motifs is 1. The van der Waals surface area contributed by atoms with E-state index in [1.165, 1.54) is 4.57 Å². The van der Waals surface area contributed by atoms with Gasteiger partial charge in [-0.3, -0.25) is 19.0 Å². The lowest BCUT2D eigenvalue weighted by molar-refractivity contribution is 0.0787. The number of nitrogens with zero attached hydrogens (tertiary/aromatic N) is 3. The topological polar surface area (TPSA) is 141 Å². The maximum Gasteiger partial charge on any atom is 0.270 e. The lowest BCUT2D eigenvalue weighted by Crippen LogP contribution is -2.36. The predicted octanol–water partition coefficient (Wildman–Crippen LogP) is 1.29. The number of allylic oxidation sites excluding steroid dienone is 1. The van der Waals surface area contributed by atoms with Gasteiger partial charge in [-0.15, -0.1) is 0 Å². The molecule has 2 aromatic rings. The van der Waals surface area contributed by atoms with Crippen LogP contribution in [0.4, 0.5) is 0 Å². The predicted molar refractivity (Wildman–Crippen MR) is 118 cm³/mol. The van der Waals surface area contributed by atoms with E-state index in [0.29, 0.717) is 18.8 Å². The fourth-order valence-electron chi connectivity index (χ4n) is 3.96. The lowest BCUT2D eigenvalue weighted by atomic mass is 9.99. The summed E-state index contributed by atoms with van der Waals surface area (Å²) in [6, 6.07) is 0.00677. The Hall–Kier alpha value is -3.14. The quantitative estimate of drug-likeness (QED) is 0.589. The Bertz CT molecular complexity index is 1140. The Balaban J connectivity index is 1.92. The van der Waals surface area contributed by atoms with Crippen LogP contribution in [0.15, 0.2) is 10.9 Å². The van der Waals surface area contributed by atoms with Gasteiger partial charge in [0.05, 0.1) is 5.56 Å². The largest absolute Gasteiger partial charge is 0.492 e. The molecule has 0 atom stereocenters. The maximum atomic E-state index is 13.4. The first-order valence-corrected chi connectivity index (χ1v) is 11.0. The number of carbonyl (C=O) groups excluding carboxylic acids is 2. The number of hydrogen-bond donors (Lipinski definition) is 3. The Morgan fingerprint density at radius 2 is 1.97 bits per heavy atom. The Morgan fingerprint density at radius 3 is 2.56 bits per heavy atom. The minimum atomic E-state index is -0.785. The highest BCUT2D eigenvalue weighted by Gasteiger charge is 2.31. The second-order valence-corrected chi connectivity index (χ2v) is 8.93. The van der Waals surface area contributed by atoms with Crippen LogP contribution in [0, 0.1) is 11.8 Å². The summed E-state index contributed by atoms with van der Waals surface area (Å²) < 4.78 is 7.87. The second kappa shape index (κ2) is 8.78. The molecule has 2 aromatic heterocycles. The molecule has 4 rings (SSSR count). The maximum absolute atomic E-state index is 13.4. The minimum Gasteiger partial charge on any atom is -0.492 e. The lowest BCUT2D eigenvalue weighted by Gasteiger charge is -2.18. The van der Waals surface area contributed by atoms with Crippen molar-refractivity contribution in [1.29, 1.82) is 0 Å². The number of aromatic hydroxyl groups is 1. The van der Waals surface area contributed by atoms with Crippen molar-refractivity contribution in [2.75, 3.05) is 13.2 Å². The summed E-state index contributed by atoms with van der Waals surface area (Å²) in [5, 5.41) is 17.8. The number of nitrogens with one attached hydrogen (secondary N) is 1. The SMILES string of the molecule is CC(C)Cn1c(=O)c(C(=O)NC2CC2)c(O)n2nc(C(N)=O)c(/C=C/C3CCOCC3)c12. The number of ether oxygens (including phenoxy) is 1. The van der Waals surface area contributed by atoms with E-state index >= 15 is 0 Å². The van der Waals surface area contributed by atoms with Crippen molar-refractivity contribution in [3.05, 3.63) is 33.3 Å². The third kappa shape index (κ3) is 4.27. The van der Waals surface area contributed by atoms with E-state index < -0.39 is 23.3 Å². The first kappa shape index (κ1) is 22.1. The number of carbonyl (C=O) groups is 2. The van der Waals surface area contributed by atoms with Crippen LogP contribution in [0.2, 0.25) is 0 Å². The number of hydrogen-bond acceptors (Lipinski definition) is 6. The average molecular weight is 444 g/mol. The van der Waals surface area contributed by atoms with Crippen LogP contribution in [0.25, 0.3) is 11.7 Å². The first-order valence-electron chi connectivity index (χ1n) is 11.0. The highest BCUT2D eigenvalue weighted by molar-refractivity contribution is 5.99. The van der Waals surface area contributed by atoms with Gasteiger partial charge >= 0.3 is 0 Å². The Morgan fingerprint density at radius 1 is 1.28 bits per heavy atom. The molecule has 4 N–H and O–H groups in total. The number of aromatic nitrogens is 3. The minimum absolute atomic E-state index is 0.00677. The van der Waals surface area contributed by atoms with Crippen molar-refractivity contribution in [2.24, 2.45) is 17.6 Å². The van der Waals surface area contributed by atoms with Crippen molar-refractivity contribution in [1.82, 2.24) is 19.5 Å². The van der Waals surface area contributed by atoms with Crippen molar-refractivity contribution < 1.29 is 19.4 Å². The average Bonchev–Trinajstić information content (AvgIpc) is 3.46. The van der Waals surface area contributed by atoms with Gasteiger partial charge < -0.3 is 20.9 Å². The first-order chi connectivity index (χ1) is 15.3. The van der Waals surface area contributed by atoms with Crippen molar-refractivity contribution in [3.8, 4) is 5.88 Å². The molecule has 2 amide bonds. The van der Waals surface area contributed by atoms with E-state index in [1.54, 1.807) is 6.08 Å². The number of amides is 2. The van der Waals surface area contributed by atoms with Gasteiger partial charge in [0.1, 0.15) is 0 Å². The molecule has 3 heterocycles. The van der Waals surface area contributed by atoms with Gasteiger partial charge in [0.2, 0.25) is 5.88 Å². The molecular weight excluding hydrogens is 414 g/mol. The zero-order valence-corrected chi connectivity index (χ0v) is 18.3. The van der Waals surface area contributed by atoms with Crippen molar-refractivity contribution in [3.63, 3.8) is 0 Å². The molecule has 1 aliphatic carbocycles. The molecule has 0 radical (unpaired) electrons. The standard InChI is InChI=1S/C22H29N5O5/c1-12(2)11-26-20-15(6-3-13-7-9-32-10-8-13)17(18(23)28)25-27(20)22(31)16(21(26)30)19(29)24-14-4-5-14/h3,6,12-14,31H,4-5,7-11H2,1-2H3,(H2,23,28)(H,24,29)/b6-3+. The number of nitrogens with two attached hydrogens (primary N) is 1. The summed E-state index contributed by atoms with van der Waals surface area (Å²) >= 11 is 0. The molecule has 1 saturated carbocycles. The highest BCUT2D eigenvalue weighted by atomic mass is 16.5. The van der Waals surface area contributed by atoms with Gasteiger partial charge in [0.25, 0.3) is 17.4 Å². The van der Waals surface area contributed by atoms with Crippen molar-refractivity contribution >= 4 is 23.5 Å². The van der Waals surface area contributed by atoms with Gasteiger partial charge in [0.15, 0.2) is 16.9 Å². The summed E-state index contributed by atoms with van der Waals surface area (Å²) in [7, 11) is 0. The molecule has 0 bridgehead atoms. The zero-order chi connectivity index (χ0) is 23.0. The monoisotopic (exact) mass is 443 g/mol. The fourth-order valence-corrected chi connectivity index (χ4v) is 3.96. The third-order valence-corrected chi connectivity index (χ3v) is 5.76. The molecule has 2 fully saturated rings. The van der Waals surface area contributed by atoms with Crippen LogP contribution < -0.4 is 16.6 Å². The van der Waals surface area contributed by atoms with E-state index in [0.717, 1.165) is 30.2 Å². The van der Waals surface area contributed by atoms with Gasteiger partial charge in [-0.25, -0.2) is 0 Å². The van der Waals surface area contributed by atoms with Gasteiger partial charge in [-0.2, -0.15) is 9.61 Å². The molecule has 0 aromatic carbocycles. The van der Waals surface area contributed by atoms with E-state index in [9.17, 15) is 19.5 Å². The number of rotatable bonds is 7. The van der Waals surface area contributed by atoms with E-state index in [4.69, 9.17) is 10.5 Å². The third-order valence-electron chi connectivity index (χ3n) is 5.76. The van der Waals surface area contributed by atoms with E-state index in [-0.39, 0.29) is 41.3 Å². The van der Waals surface area contributed by atoms with Crippen LogP contribution in [-0.4, -0.2) is 50.4 Å². The summed E-state index contributed by atoms with van der Waals surface area (Å²) in [6.07, 6.45) is 7.06. The van der Waals surface area contributed by atoms with Crippen LogP contribution in [0.5, 0.6) is 5.88 Å². The summed E-state index contributed by atoms with van der Waals surface area (Å²) in [5.41, 5.74) is 5.09. The molecule has 0 spiro atoms. The molecule has 172 valence electrons. The van der Waals surface area contributed by atoms with Crippen LogP contribution in [-0.2, 0) is 11.3 Å².